The molecule has 9 nitrogen and oxygen atoms in total. The zero-order valence-corrected chi connectivity index (χ0v) is 20.9. The molecule has 36 heavy (non-hydrogen) atoms. The van der Waals surface area contributed by atoms with Crippen molar-refractivity contribution >= 4 is 38.2 Å². The van der Waals surface area contributed by atoms with Crippen molar-refractivity contribution in [3.63, 3.8) is 0 Å². The largest absolute Gasteiger partial charge is 0.465 e. The Labute approximate surface area is 206 Å². The van der Waals surface area contributed by atoms with Gasteiger partial charge in [0.15, 0.2) is 21.5 Å². The van der Waals surface area contributed by atoms with Crippen LogP contribution in [0.4, 0.5) is 15.9 Å². The minimum atomic E-state index is -3.53. The molecule has 4 aromatic rings. The van der Waals surface area contributed by atoms with E-state index in [0.29, 0.717) is 33.3 Å². The molecule has 4 heterocycles. The number of nitrogens with one attached hydrogen (secondary N) is 1. The zero-order chi connectivity index (χ0) is 25.9. The molecule has 3 aromatic heterocycles. The molecule has 1 aromatic carbocycles. The molecule has 5 rings (SSSR count). The number of halogens is 1. The number of methoxy groups -OCH3 is 1. The summed E-state index contributed by atoms with van der Waals surface area (Å²) >= 11 is 0. The first-order valence-corrected chi connectivity index (χ1v) is 13.1. The molecular formula is C25H23FN4O5S. The molecule has 0 amide bonds. The van der Waals surface area contributed by atoms with Gasteiger partial charge >= 0.3 is 5.97 Å². The molecule has 0 saturated heterocycles. The van der Waals surface area contributed by atoms with Crippen LogP contribution in [0.5, 0.6) is 0 Å². The standard InChI is InChI=1S/C25H23FN4O5S/c1-13-5-19(26)23(28-8-13)30-10-15-9-27-22-21(15)18(11-29(2)24(22)31)17-6-14(12-36(4,33)34)16(7-20(17)30)25(32)35-3/h5-9,11,27H,10,12H2,1-4H3. The fourth-order valence-electron chi connectivity index (χ4n) is 4.71. The Morgan fingerprint density at radius 3 is 2.67 bits per heavy atom. The number of ether oxygens (including phenoxy) is 1. The molecule has 1 aliphatic heterocycles. The van der Waals surface area contributed by atoms with Crippen molar-refractivity contribution in [3.8, 4) is 11.1 Å². The second kappa shape index (κ2) is 8.30. The smallest absolute Gasteiger partial charge is 0.338 e. The van der Waals surface area contributed by atoms with Crippen LogP contribution in [0.15, 0.2) is 41.6 Å². The predicted octanol–water partition coefficient (Wildman–Crippen LogP) is 3.36. The first-order valence-electron chi connectivity index (χ1n) is 11.0. The fourth-order valence-corrected chi connectivity index (χ4v) is 5.51. The number of hydrogen-bond donors (Lipinski definition) is 1. The van der Waals surface area contributed by atoms with Gasteiger partial charge in [0.05, 0.1) is 30.7 Å². The minimum absolute atomic E-state index is 0.0300. The number of sulfone groups is 1. The van der Waals surface area contributed by atoms with E-state index < -0.39 is 27.4 Å². The predicted molar refractivity (Wildman–Crippen MR) is 134 cm³/mol. The van der Waals surface area contributed by atoms with E-state index in [0.717, 1.165) is 11.8 Å². The third-order valence-corrected chi connectivity index (χ3v) is 7.09. The third kappa shape index (κ3) is 3.85. The highest BCUT2D eigenvalue weighted by molar-refractivity contribution is 7.89. The van der Waals surface area contributed by atoms with Gasteiger partial charge in [-0.05, 0) is 41.8 Å². The molecule has 0 spiro atoms. The van der Waals surface area contributed by atoms with Crippen LogP contribution in [0.25, 0.3) is 22.0 Å². The highest BCUT2D eigenvalue weighted by Crippen LogP contribution is 2.45. The molecule has 0 saturated carbocycles. The van der Waals surface area contributed by atoms with Crippen LogP contribution in [-0.2, 0) is 33.9 Å². The Hall–Kier alpha value is -3.99. The van der Waals surface area contributed by atoms with Gasteiger partial charge in [0.25, 0.3) is 5.56 Å². The monoisotopic (exact) mass is 510 g/mol. The van der Waals surface area contributed by atoms with Crippen molar-refractivity contribution in [3.05, 3.63) is 75.2 Å². The maximum absolute atomic E-state index is 15.2. The second-order valence-electron chi connectivity index (χ2n) is 9.02. The summed E-state index contributed by atoms with van der Waals surface area (Å²) in [5.74, 6) is -1.66. The van der Waals surface area contributed by atoms with E-state index in [1.165, 1.54) is 30.0 Å². The number of fused-ring (bicyclic) bond motifs is 2. The van der Waals surface area contributed by atoms with Crippen molar-refractivity contribution in [1.29, 1.82) is 0 Å². The van der Waals surface area contributed by atoms with E-state index >= 15 is 4.39 Å². The lowest BCUT2D eigenvalue weighted by atomic mass is 9.96. The molecule has 11 heteroatoms. The maximum Gasteiger partial charge on any atom is 0.338 e. The highest BCUT2D eigenvalue weighted by Gasteiger charge is 2.30. The number of hydrogen-bond acceptors (Lipinski definition) is 7. The molecule has 186 valence electrons. The summed E-state index contributed by atoms with van der Waals surface area (Å²) in [7, 11) is -0.704. The van der Waals surface area contributed by atoms with Gasteiger partial charge in [0, 0.05) is 48.4 Å². The quantitative estimate of drug-likeness (QED) is 0.419. The first-order chi connectivity index (χ1) is 17.0. The van der Waals surface area contributed by atoms with E-state index in [1.807, 2.05) is 0 Å². The van der Waals surface area contributed by atoms with E-state index in [2.05, 4.69) is 9.97 Å². The zero-order valence-electron chi connectivity index (χ0n) is 20.0. The normalized spacial score (nSPS) is 13.0. The molecule has 0 fully saturated rings. The lowest BCUT2D eigenvalue weighted by Gasteiger charge is -2.26. The van der Waals surface area contributed by atoms with Gasteiger partial charge in [-0.25, -0.2) is 22.6 Å². The number of rotatable bonds is 4. The number of benzene rings is 1. The van der Waals surface area contributed by atoms with Gasteiger partial charge in [-0.3, -0.25) is 4.79 Å². The SMILES string of the molecule is COC(=O)c1cc2c(cc1CS(C)(=O)=O)-c1cn(C)c(=O)c3[nH]cc(c13)CN2c1ncc(C)cc1F. The maximum atomic E-state index is 15.2. The fraction of sp³-hybridized carbons (Fsp3) is 0.240. The lowest BCUT2D eigenvalue weighted by molar-refractivity contribution is 0.0600. The number of aromatic amines is 1. The topological polar surface area (TPSA) is 114 Å². The summed E-state index contributed by atoms with van der Waals surface area (Å²) in [5, 5.41) is 0.644. The number of pyridine rings is 2. The van der Waals surface area contributed by atoms with Gasteiger partial charge in [-0.2, -0.15) is 0 Å². The van der Waals surface area contributed by atoms with Crippen molar-refractivity contribution in [2.24, 2.45) is 7.05 Å². The Balaban J connectivity index is 1.91. The molecule has 1 N–H and O–H groups in total. The molecule has 0 radical (unpaired) electrons. The first kappa shape index (κ1) is 23.7. The Morgan fingerprint density at radius 1 is 1.25 bits per heavy atom. The Morgan fingerprint density at radius 2 is 2.00 bits per heavy atom. The second-order valence-corrected chi connectivity index (χ2v) is 11.2. The number of H-pyrrole nitrogens is 1. The van der Waals surface area contributed by atoms with Gasteiger partial charge in [-0.15, -0.1) is 0 Å². The minimum Gasteiger partial charge on any atom is -0.465 e. The molecule has 0 bridgehead atoms. The van der Waals surface area contributed by atoms with Crippen molar-refractivity contribution in [2.75, 3.05) is 18.3 Å². The number of nitrogens with zero attached hydrogens (tertiary/aromatic N) is 3. The lowest BCUT2D eigenvalue weighted by Crippen LogP contribution is -2.20. The number of aryl methyl sites for hydroxylation is 2. The summed E-state index contributed by atoms with van der Waals surface area (Å²) < 4.78 is 46.1. The number of carbonyl (C=O) groups is 1. The van der Waals surface area contributed by atoms with Crippen molar-refractivity contribution in [1.82, 2.24) is 14.5 Å². The number of carbonyl (C=O) groups excluding carboxylic acids is 1. The number of anilines is 2. The van der Waals surface area contributed by atoms with Gasteiger partial charge in [-0.1, -0.05) is 0 Å². The van der Waals surface area contributed by atoms with Crippen LogP contribution in [0.2, 0.25) is 0 Å². The average Bonchev–Trinajstić information content (AvgIpc) is 3.17. The van der Waals surface area contributed by atoms with Gasteiger partial charge in [0.2, 0.25) is 0 Å². The van der Waals surface area contributed by atoms with Crippen LogP contribution in [0, 0.1) is 12.7 Å². The summed E-state index contributed by atoms with van der Waals surface area (Å²) in [6.45, 7) is 1.87. The summed E-state index contributed by atoms with van der Waals surface area (Å²) in [6, 6.07) is 4.47. The molecule has 0 unspecified atom stereocenters. The molecule has 0 atom stereocenters. The van der Waals surface area contributed by atoms with Crippen LogP contribution < -0.4 is 10.5 Å². The van der Waals surface area contributed by atoms with Crippen LogP contribution in [-0.4, -0.2) is 42.3 Å². The van der Waals surface area contributed by atoms with E-state index in [1.54, 1.807) is 37.3 Å². The van der Waals surface area contributed by atoms with Crippen molar-refractivity contribution in [2.45, 2.75) is 19.2 Å². The van der Waals surface area contributed by atoms with Crippen molar-refractivity contribution < 1.29 is 22.3 Å². The molecule has 0 aliphatic carbocycles. The average molecular weight is 511 g/mol. The van der Waals surface area contributed by atoms with Crippen LogP contribution in [0.3, 0.4) is 0 Å². The van der Waals surface area contributed by atoms with E-state index in [4.69, 9.17) is 4.74 Å². The van der Waals surface area contributed by atoms with Crippen LogP contribution in [0.1, 0.15) is 27.0 Å². The Bertz CT molecular complexity index is 1740. The number of esters is 1. The highest BCUT2D eigenvalue weighted by atomic mass is 32.2. The summed E-state index contributed by atoms with van der Waals surface area (Å²) in [5.41, 5.74) is 3.38. The van der Waals surface area contributed by atoms with Gasteiger partial charge < -0.3 is 19.2 Å². The van der Waals surface area contributed by atoms with Gasteiger partial charge in [0.1, 0.15) is 5.52 Å². The van der Waals surface area contributed by atoms with E-state index in [9.17, 15) is 18.0 Å². The molecular weight excluding hydrogens is 487 g/mol. The van der Waals surface area contributed by atoms with Crippen LogP contribution >= 0.6 is 0 Å². The summed E-state index contributed by atoms with van der Waals surface area (Å²) in [6.07, 6.45) is 5.97. The molecule has 1 aliphatic rings. The van der Waals surface area contributed by atoms with E-state index in [-0.39, 0.29) is 29.0 Å². The number of aromatic nitrogens is 3. The Kier molecular flexibility index (Phi) is 5.47. The third-order valence-electron chi connectivity index (χ3n) is 6.26. The summed E-state index contributed by atoms with van der Waals surface area (Å²) in [4.78, 5) is 34.5.